The van der Waals surface area contributed by atoms with E-state index < -0.39 is 0 Å². The third-order valence-corrected chi connectivity index (χ3v) is 3.30. The maximum absolute atomic E-state index is 11.3. The summed E-state index contributed by atoms with van der Waals surface area (Å²) in [5.74, 6) is 0.498. The van der Waals surface area contributed by atoms with Crippen molar-refractivity contribution >= 4 is 17.1 Å². The van der Waals surface area contributed by atoms with Crippen molar-refractivity contribution < 1.29 is 9.53 Å². The smallest absolute Gasteiger partial charge is 0.237 e. The highest BCUT2D eigenvalue weighted by Gasteiger charge is 2.10. The van der Waals surface area contributed by atoms with Gasteiger partial charge in [-0.1, -0.05) is 16.4 Å². The number of hydrogen-bond donors (Lipinski definition) is 0. The number of aromatic nitrogens is 2. The highest BCUT2D eigenvalue weighted by Crippen LogP contribution is 2.14. The lowest BCUT2D eigenvalue weighted by molar-refractivity contribution is 0.101. The van der Waals surface area contributed by atoms with Crippen LogP contribution in [-0.4, -0.2) is 22.7 Å². The number of methoxy groups -OCH3 is 1. The molecule has 2 rings (SSSR count). The van der Waals surface area contributed by atoms with Crippen LogP contribution in [0.25, 0.3) is 5.69 Å². The van der Waals surface area contributed by atoms with E-state index in [0.29, 0.717) is 11.4 Å². The van der Waals surface area contributed by atoms with Gasteiger partial charge in [-0.3, -0.25) is 4.79 Å². The van der Waals surface area contributed by atoms with Crippen molar-refractivity contribution in [3.05, 3.63) is 39.0 Å². The molecule has 7 nitrogen and oxygen atoms in total. The second-order valence-corrected chi connectivity index (χ2v) is 4.49. The van der Waals surface area contributed by atoms with E-state index in [1.165, 1.54) is 11.6 Å². The molecule has 0 aliphatic heterocycles. The fourth-order valence-corrected chi connectivity index (χ4v) is 2.16. The summed E-state index contributed by atoms with van der Waals surface area (Å²) < 4.78 is 6.44. The lowest BCUT2D eigenvalue weighted by Crippen LogP contribution is -2.13. The lowest BCUT2D eigenvalue weighted by atomic mass is 10.3. The maximum Gasteiger partial charge on any atom is 0.237 e. The molecule has 0 aliphatic carbocycles. The molecule has 1 aromatic heterocycles. The Labute approximate surface area is 112 Å². The highest BCUT2D eigenvalue weighted by molar-refractivity contribution is 7.10. The molecule has 0 aliphatic rings. The molecule has 98 valence electrons. The van der Waals surface area contributed by atoms with Gasteiger partial charge < -0.3 is 4.74 Å². The van der Waals surface area contributed by atoms with Crippen molar-refractivity contribution in [2.75, 3.05) is 7.11 Å². The van der Waals surface area contributed by atoms with Crippen LogP contribution in [0.1, 0.15) is 16.7 Å². The quantitative estimate of drug-likeness (QED) is 0.484. The van der Waals surface area contributed by atoms with E-state index >= 15 is 0 Å². The van der Waals surface area contributed by atoms with Crippen molar-refractivity contribution in [1.29, 1.82) is 0 Å². The molecule has 0 atom stereocenters. The second-order valence-electron chi connectivity index (χ2n) is 3.54. The molecule has 0 spiro atoms. The van der Waals surface area contributed by atoms with Gasteiger partial charge in [0.1, 0.15) is 5.75 Å². The number of nitroso groups, excluding NO2 is 1. The minimum absolute atomic E-state index is 0.195. The summed E-state index contributed by atoms with van der Waals surface area (Å²) in [5, 5.41) is 10.3. The van der Waals surface area contributed by atoms with Gasteiger partial charge in [-0.2, -0.15) is 5.10 Å². The van der Waals surface area contributed by atoms with E-state index in [1.54, 1.807) is 31.4 Å². The zero-order chi connectivity index (χ0) is 13.8. The zero-order valence-electron chi connectivity index (χ0n) is 10.2. The van der Waals surface area contributed by atoms with Crippen molar-refractivity contribution in [2.24, 2.45) is 10.4 Å². The molecule has 0 saturated heterocycles. The molecule has 0 N–H and O–H groups in total. The predicted molar refractivity (Wildman–Crippen MR) is 69.4 cm³/mol. The summed E-state index contributed by atoms with van der Waals surface area (Å²) in [6, 6.07) is 6.97. The van der Waals surface area contributed by atoms with Gasteiger partial charge in [-0.15, -0.1) is 4.91 Å². The summed E-state index contributed by atoms with van der Waals surface area (Å²) in [7, 11) is 1.57. The molecule has 0 radical (unpaired) electrons. The molecule has 1 aromatic carbocycles. The topological polar surface area (TPSA) is 85.9 Å². The van der Waals surface area contributed by atoms with Gasteiger partial charge in [0.2, 0.25) is 4.80 Å². The summed E-state index contributed by atoms with van der Waals surface area (Å²) in [6.07, 6.45) is 0. The van der Waals surface area contributed by atoms with Crippen molar-refractivity contribution in [3.63, 3.8) is 0 Å². The Morgan fingerprint density at radius 2 is 2.05 bits per heavy atom. The maximum atomic E-state index is 11.3. The molecule has 8 heteroatoms. The normalized spacial score (nSPS) is 11.4. The summed E-state index contributed by atoms with van der Waals surface area (Å²) in [6.45, 7) is 1.40. The average Bonchev–Trinajstić information content (AvgIpc) is 2.84. The number of Topliss-reactive ketones (excluding diaryl/α,β-unsaturated/α-hetero) is 1. The van der Waals surface area contributed by atoms with Gasteiger partial charge in [0.15, 0.2) is 10.8 Å². The predicted octanol–water partition coefficient (Wildman–Crippen LogP) is 1.73. The molecule has 0 saturated carbocycles. The molecule has 0 fully saturated rings. The number of carbonyl (C=O) groups excluding carboxylic acids is 1. The first kappa shape index (κ1) is 13.1. The Hall–Kier alpha value is -2.35. The fourth-order valence-electron chi connectivity index (χ4n) is 1.42. The SMILES string of the molecule is COc1ccc(-n2nc(C(C)=O)s/c2=N\N=O)cc1. The van der Waals surface area contributed by atoms with Crippen molar-refractivity contribution in [3.8, 4) is 11.4 Å². The molecule has 1 heterocycles. The first-order valence-electron chi connectivity index (χ1n) is 5.27. The first-order valence-corrected chi connectivity index (χ1v) is 6.09. The number of ether oxygens (including phenoxy) is 1. The number of carbonyl (C=O) groups is 1. The minimum Gasteiger partial charge on any atom is -0.497 e. The van der Waals surface area contributed by atoms with Gasteiger partial charge in [0.25, 0.3) is 0 Å². The number of ketones is 1. The van der Waals surface area contributed by atoms with Crippen LogP contribution in [0.3, 0.4) is 0 Å². The Balaban J connectivity index is 2.56. The average molecular weight is 278 g/mol. The number of rotatable bonds is 4. The Bertz CT molecular complexity index is 672. The van der Waals surface area contributed by atoms with Gasteiger partial charge in [0, 0.05) is 6.92 Å². The summed E-state index contributed by atoms with van der Waals surface area (Å²) >= 11 is 1.01. The van der Waals surface area contributed by atoms with Gasteiger partial charge in [-0.25, -0.2) is 4.68 Å². The van der Waals surface area contributed by atoms with E-state index in [4.69, 9.17) is 4.74 Å². The third-order valence-electron chi connectivity index (χ3n) is 2.30. The van der Waals surface area contributed by atoms with Gasteiger partial charge in [0.05, 0.1) is 18.1 Å². The summed E-state index contributed by atoms with van der Waals surface area (Å²) in [5.41, 5.74) is 0.659. The fraction of sp³-hybridized carbons (Fsp3) is 0.182. The van der Waals surface area contributed by atoms with E-state index in [2.05, 4.69) is 15.5 Å². The largest absolute Gasteiger partial charge is 0.497 e. The van der Waals surface area contributed by atoms with E-state index in [9.17, 15) is 9.70 Å². The number of benzene rings is 1. The standard InChI is InChI=1S/C11H10N4O3S/c1-7(16)10-13-15(11(19-10)12-14-17)8-3-5-9(18-2)6-4-8/h3-6H,1-2H3/b12-11-. The third kappa shape index (κ3) is 2.74. The number of nitrogens with zero attached hydrogens (tertiary/aromatic N) is 4. The van der Waals surface area contributed by atoms with Crippen LogP contribution in [0.15, 0.2) is 34.7 Å². The van der Waals surface area contributed by atoms with Gasteiger partial charge in [-0.05, 0) is 24.3 Å². The molecule has 2 aromatic rings. The van der Waals surface area contributed by atoms with E-state index in [1.807, 2.05) is 0 Å². The molecular formula is C11H10N4O3S. The van der Waals surface area contributed by atoms with Crippen LogP contribution in [0, 0.1) is 4.91 Å². The first-order chi connectivity index (χ1) is 9.15. The van der Waals surface area contributed by atoms with Crippen molar-refractivity contribution in [2.45, 2.75) is 6.92 Å². The molecule has 19 heavy (non-hydrogen) atoms. The Kier molecular flexibility index (Phi) is 3.81. The van der Waals surface area contributed by atoms with Crippen LogP contribution >= 0.6 is 11.3 Å². The molecule has 0 bridgehead atoms. The molecular weight excluding hydrogens is 268 g/mol. The van der Waals surface area contributed by atoms with Crippen LogP contribution < -0.4 is 9.54 Å². The molecule has 0 unspecified atom stereocenters. The molecule has 0 amide bonds. The Morgan fingerprint density at radius 3 is 2.58 bits per heavy atom. The van der Waals surface area contributed by atoms with Crippen LogP contribution in [0.2, 0.25) is 0 Å². The van der Waals surface area contributed by atoms with E-state index in [-0.39, 0.29) is 15.6 Å². The monoisotopic (exact) mass is 278 g/mol. The minimum atomic E-state index is -0.195. The summed E-state index contributed by atoms with van der Waals surface area (Å²) in [4.78, 5) is 21.8. The van der Waals surface area contributed by atoms with Gasteiger partial charge >= 0.3 is 0 Å². The lowest BCUT2D eigenvalue weighted by Gasteiger charge is -2.02. The van der Waals surface area contributed by atoms with Crippen LogP contribution in [0.5, 0.6) is 5.75 Å². The number of hydrogen-bond acceptors (Lipinski definition) is 6. The Morgan fingerprint density at radius 1 is 1.37 bits per heavy atom. The van der Waals surface area contributed by atoms with Crippen LogP contribution in [-0.2, 0) is 0 Å². The van der Waals surface area contributed by atoms with E-state index in [0.717, 1.165) is 11.3 Å². The second kappa shape index (κ2) is 5.53. The highest BCUT2D eigenvalue weighted by atomic mass is 32.1. The zero-order valence-corrected chi connectivity index (χ0v) is 11.0. The van der Waals surface area contributed by atoms with Crippen molar-refractivity contribution in [1.82, 2.24) is 9.78 Å². The van der Waals surface area contributed by atoms with Crippen LogP contribution in [0.4, 0.5) is 0 Å².